The highest BCUT2D eigenvalue weighted by molar-refractivity contribution is 7.54. The predicted molar refractivity (Wildman–Crippen MR) is 106 cm³/mol. The van der Waals surface area contributed by atoms with Crippen LogP contribution in [-0.4, -0.2) is 59.2 Å². The minimum atomic E-state index is -3.99. The maximum absolute atomic E-state index is 15.3. The lowest BCUT2D eigenvalue weighted by atomic mass is 9.83. The molecule has 1 heterocycles. The summed E-state index contributed by atoms with van der Waals surface area (Å²) in [6.45, 7) is 14.6. The van der Waals surface area contributed by atoms with Gasteiger partial charge in [0, 0.05) is 6.42 Å². The van der Waals surface area contributed by atoms with E-state index in [1.165, 1.54) is 6.92 Å². The van der Waals surface area contributed by atoms with Gasteiger partial charge in [-0.25, -0.2) is 8.78 Å². The molecule has 5 atom stereocenters. The summed E-state index contributed by atoms with van der Waals surface area (Å²) in [6, 6.07) is -1.26. The molecule has 1 saturated heterocycles. The molecule has 0 N–H and O–H groups in total. The van der Waals surface area contributed by atoms with Crippen molar-refractivity contribution < 1.29 is 31.6 Å². The first-order valence-corrected chi connectivity index (χ1v) is 13.9. The third-order valence-corrected chi connectivity index (χ3v) is 12.0. The SMILES string of the molecule is [B][C@@H]1O[C@H](CC(F)P(=O)(OCC)OCC)[C@H](O[Si](C)(C)C(C)(C)C)C1(C)F. The van der Waals surface area contributed by atoms with Gasteiger partial charge >= 0.3 is 7.60 Å². The second kappa shape index (κ2) is 8.92. The van der Waals surface area contributed by atoms with Crippen LogP contribution in [-0.2, 0) is 22.8 Å². The summed E-state index contributed by atoms with van der Waals surface area (Å²) >= 11 is 0. The Morgan fingerprint density at radius 2 is 1.74 bits per heavy atom. The zero-order chi connectivity index (χ0) is 21.3. The van der Waals surface area contributed by atoms with Gasteiger partial charge in [0.1, 0.15) is 14.0 Å². The van der Waals surface area contributed by atoms with E-state index in [1.54, 1.807) is 13.8 Å². The highest BCUT2D eigenvalue weighted by Crippen LogP contribution is 2.56. The number of ether oxygens (including phenoxy) is 1. The standard InChI is InChI=1S/C17H34BF2O5PSi/c1-9-22-26(21,23-10-2)13(19)11-12-14(17(6,20)15(18)24-12)25-27(7,8)16(3,4)5/h12-15H,9-11H2,1-8H3/t12-,13?,14+,15-,17?/m1/s1. The normalized spacial score (nSPS) is 31.3. The molecule has 0 aromatic heterocycles. The van der Waals surface area contributed by atoms with Crippen LogP contribution < -0.4 is 0 Å². The minimum absolute atomic E-state index is 0.0352. The summed E-state index contributed by atoms with van der Waals surface area (Å²) in [6.07, 6.45) is -2.44. The fourth-order valence-corrected chi connectivity index (χ4v) is 5.62. The minimum Gasteiger partial charge on any atom is -0.408 e. The van der Waals surface area contributed by atoms with Crippen LogP contribution in [0.25, 0.3) is 0 Å². The fourth-order valence-electron chi connectivity index (χ4n) is 2.66. The van der Waals surface area contributed by atoms with Crippen molar-refractivity contribution in [1.82, 2.24) is 0 Å². The van der Waals surface area contributed by atoms with E-state index in [2.05, 4.69) is 0 Å². The summed E-state index contributed by atoms with van der Waals surface area (Å²) in [7, 11) is -0.568. The van der Waals surface area contributed by atoms with Crippen molar-refractivity contribution in [3.05, 3.63) is 0 Å². The Labute approximate surface area is 164 Å². The van der Waals surface area contributed by atoms with E-state index in [0.29, 0.717) is 0 Å². The van der Waals surface area contributed by atoms with E-state index < -0.39 is 45.7 Å². The molecule has 2 radical (unpaired) electrons. The summed E-state index contributed by atoms with van der Waals surface area (Å²) < 4.78 is 64.7. The fraction of sp³-hybridized carbons (Fsp3) is 1.00. The largest absolute Gasteiger partial charge is 0.408 e. The Morgan fingerprint density at radius 1 is 1.26 bits per heavy atom. The van der Waals surface area contributed by atoms with E-state index in [9.17, 15) is 8.96 Å². The molecule has 5 nitrogen and oxygen atoms in total. The number of alkyl halides is 2. The molecule has 1 aliphatic heterocycles. The zero-order valence-electron chi connectivity index (χ0n) is 17.8. The zero-order valence-corrected chi connectivity index (χ0v) is 19.6. The molecule has 0 aromatic carbocycles. The molecule has 1 fully saturated rings. The summed E-state index contributed by atoms with van der Waals surface area (Å²) in [4.78, 5) is 0. The maximum Gasteiger partial charge on any atom is 0.364 e. The van der Waals surface area contributed by atoms with Gasteiger partial charge in [0.05, 0.1) is 25.3 Å². The molecule has 0 spiro atoms. The molecule has 10 heteroatoms. The predicted octanol–water partition coefficient (Wildman–Crippen LogP) is 4.95. The smallest absolute Gasteiger partial charge is 0.364 e. The van der Waals surface area contributed by atoms with Crippen molar-refractivity contribution in [2.45, 2.75) is 95.9 Å². The van der Waals surface area contributed by atoms with E-state index in [-0.39, 0.29) is 24.7 Å². The summed E-state index contributed by atoms with van der Waals surface area (Å²) in [5, 5.41) is -0.179. The van der Waals surface area contributed by atoms with Gasteiger partial charge in [-0.1, -0.05) is 20.8 Å². The van der Waals surface area contributed by atoms with Crippen molar-refractivity contribution in [1.29, 1.82) is 0 Å². The number of halogens is 2. The molecule has 0 aliphatic carbocycles. The van der Waals surface area contributed by atoms with Crippen LogP contribution in [0.15, 0.2) is 0 Å². The molecule has 0 amide bonds. The van der Waals surface area contributed by atoms with Gasteiger partial charge < -0.3 is 18.2 Å². The molecule has 2 unspecified atom stereocenters. The van der Waals surface area contributed by atoms with Crippen molar-refractivity contribution in [3.63, 3.8) is 0 Å². The quantitative estimate of drug-likeness (QED) is 0.386. The highest BCUT2D eigenvalue weighted by Gasteiger charge is 2.57. The third kappa shape index (κ3) is 5.64. The van der Waals surface area contributed by atoms with Crippen LogP contribution in [0.1, 0.15) is 48.0 Å². The average Bonchev–Trinajstić information content (AvgIpc) is 2.69. The van der Waals surface area contributed by atoms with Crippen LogP contribution in [0.5, 0.6) is 0 Å². The van der Waals surface area contributed by atoms with Crippen molar-refractivity contribution in [2.75, 3.05) is 13.2 Å². The van der Waals surface area contributed by atoms with Crippen LogP contribution in [0.2, 0.25) is 18.1 Å². The van der Waals surface area contributed by atoms with Gasteiger partial charge in [-0.15, -0.1) is 0 Å². The second-order valence-corrected chi connectivity index (χ2v) is 15.5. The maximum atomic E-state index is 15.3. The first-order chi connectivity index (χ1) is 12.1. The topological polar surface area (TPSA) is 54.0 Å². The van der Waals surface area contributed by atoms with Gasteiger partial charge in [0.15, 0.2) is 14.0 Å². The van der Waals surface area contributed by atoms with E-state index >= 15 is 4.39 Å². The lowest BCUT2D eigenvalue weighted by molar-refractivity contribution is 0.0131. The Bertz CT molecular complexity index is 534. The Hall–Kier alpha value is 0.212. The van der Waals surface area contributed by atoms with Crippen LogP contribution in [0, 0.1) is 0 Å². The molecular weight excluding hydrogens is 392 g/mol. The molecule has 1 aliphatic rings. The summed E-state index contributed by atoms with van der Waals surface area (Å²) in [5.74, 6) is -1.96. The Kier molecular flexibility index (Phi) is 8.34. The van der Waals surface area contributed by atoms with Crippen LogP contribution in [0.4, 0.5) is 8.78 Å². The van der Waals surface area contributed by atoms with Crippen LogP contribution >= 0.6 is 7.60 Å². The monoisotopic (exact) mass is 426 g/mol. The van der Waals surface area contributed by atoms with Gasteiger partial charge in [-0.2, -0.15) is 0 Å². The molecule has 158 valence electrons. The van der Waals surface area contributed by atoms with Gasteiger partial charge in [-0.3, -0.25) is 4.57 Å². The highest BCUT2D eigenvalue weighted by atomic mass is 31.2. The molecule has 1 rings (SSSR count). The van der Waals surface area contributed by atoms with Crippen molar-refractivity contribution in [2.24, 2.45) is 0 Å². The van der Waals surface area contributed by atoms with E-state index in [4.69, 9.17) is 26.1 Å². The van der Waals surface area contributed by atoms with Gasteiger partial charge in [0.2, 0.25) is 5.91 Å². The van der Waals surface area contributed by atoms with Crippen molar-refractivity contribution >= 4 is 23.8 Å². The number of rotatable bonds is 9. The lowest BCUT2D eigenvalue weighted by Gasteiger charge is -2.41. The summed E-state index contributed by atoms with van der Waals surface area (Å²) in [5.41, 5.74) is -2.00. The molecule has 0 aromatic rings. The molecule has 27 heavy (non-hydrogen) atoms. The molecule has 0 saturated carbocycles. The van der Waals surface area contributed by atoms with E-state index in [1.807, 2.05) is 33.9 Å². The lowest BCUT2D eigenvalue weighted by Crippen LogP contribution is -2.52. The number of hydrogen-bond acceptors (Lipinski definition) is 5. The first-order valence-electron chi connectivity index (χ1n) is 9.43. The first kappa shape index (κ1) is 25.2. The second-order valence-electron chi connectivity index (χ2n) is 8.59. The molecular formula is C17H34BF2O5PSi. The Balaban J connectivity index is 3.08. The Morgan fingerprint density at radius 3 is 2.15 bits per heavy atom. The third-order valence-electron chi connectivity index (χ3n) is 5.39. The van der Waals surface area contributed by atoms with Crippen molar-refractivity contribution in [3.8, 4) is 0 Å². The van der Waals surface area contributed by atoms with Gasteiger partial charge in [0.25, 0.3) is 0 Å². The van der Waals surface area contributed by atoms with E-state index in [0.717, 1.165) is 0 Å². The average molecular weight is 426 g/mol. The molecule has 0 bridgehead atoms. The van der Waals surface area contributed by atoms with Gasteiger partial charge in [-0.05, 0) is 38.9 Å². The van der Waals surface area contributed by atoms with Crippen LogP contribution in [0.3, 0.4) is 0 Å². The number of hydrogen-bond donors (Lipinski definition) is 0.